The van der Waals surface area contributed by atoms with Gasteiger partial charge in [-0.2, -0.15) is 13.2 Å². The summed E-state index contributed by atoms with van der Waals surface area (Å²) >= 11 is 0. The summed E-state index contributed by atoms with van der Waals surface area (Å²) in [4.78, 5) is 29.3. The first kappa shape index (κ1) is 27.0. The van der Waals surface area contributed by atoms with Gasteiger partial charge in [-0.15, -0.1) is 10.2 Å². The van der Waals surface area contributed by atoms with Crippen molar-refractivity contribution in [1.82, 2.24) is 15.2 Å². The molecule has 0 atom stereocenters. The van der Waals surface area contributed by atoms with Gasteiger partial charge in [-0.25, -0.2) is 0 Å². The van der Waals surface area contributed by atoms with E-state index in [0.29, 0.717) is 28.3 Å². The molecule has 0 aliphatic carbocycles. The molecule has 2 N–H and O–H groups in total. The number of aromatic nitrogens is 3. The molecule has 5 rings (SSSR count). The molecule has 0 aliphatic rings. The second-order valence-electron chi connectivity index (χ2n) is 8.67. The molecule has 0 aliphatic heterocycles. The number of anilines is 2. The molecule has 0 radical (unpaired) electrons. The van der Waals surface area contributed by atoms with E-state index in [0.717, 1.165) is 12.1 Å². The molecule has 3 aromatic carbocycles. The molecule has 0 spiro atoms. The number of pyridine rings is 1. The standard InChI is InChI=1S/C30H20F3N5O3/c31-30(32,33)22-7-4-8-23(18-22)35-27(40)21-6-3-5-19(17-21)11-12-26(39)36-25-10-2-1-9-24(25)29-38-37-28(41-29)20-13-15-34-16-14-20/h1-18H,(H,35,40)(H,36,39)/b12-11+. The SMILES string of the molecule is O=C(/C=C/c1cccc(C(=O)Nc2cccc(C(F)(F)F)c2)c1)Nc1ccccc1-c1nnc(-c2ccncc2)o1. The van der Waals surface area contributed by atoms with Gasteiger partial charge in [0.25, 0.3) is 5.91 Å². The van der Waals surface area contributed by atoms with Crippen molar-refractivity contribution in [2.45, 2.75) is 6.18 Å². The monoisotopic (exact) mass is 555 g/mol. The average Bonchev–Trinajstić information content (AvgIpc) is 3.47. The zero-order valence-electron chi connectivity index (χ0n) is 21.1. The van der Waals surface area contributed by atoms with Crippen LogP contribution in [-0.4, -0.2) is 27.0 Å². The zero-order chi connectivity index (χ0) is 28.8. The van der Waals surface area contributed by atoms with Crippen molar-refractivity contribution in [3.05, 3.63) is 120 Å². The van der Waals surface area contributed by atoms with Gasteiger partial charge in [0.15, 0.2) is 0 Å². The summed E-state index contributed by atoms with van der Waals surface area (Å²) in [6.07, 6.45) is 1.49. The topological polar surface area (TPSA) is 110 Å². The number of carbonyl (C=O) groups is 2. The molecule has 2 amide bonds. The van der Waals surface area contributed by atoms with Crippen LogP contribution >= 0.6 is 0 Å². The maximum absolute atomic E-state index is 13.0. The minimum Gasteiger partial charge on any atom is -0.416 e. The maximum atomic E-state index is 13.0. The van der Waals surface area contributed by atoms with Crippen molar-refractivity contribution in [3.8, 4) is 22.9 Å². The second kappa shape index (κ2) is 11.7. The summed E-state index contributed by atoms with van der Waals surface area (Å²) in [5.74, 6) is -0.523. The van der Waals surface area contributed by atoms with E-state index in [4.69, 9.17) is 4.42 Å². The lowest BCUT2D eigenvalue weighted by Crippen LogP contribution is -2.13. The maximum Gasteiger partial charge on any atom is 0.416 e. The van der Waals surface area contributed by atoms with Crippen LogP contribution in [0, 0.1) is 0 Å². The van der Waals surface area contributed by atoms with Crippen LogP contribution < -0.4 is 10.6 Å². The van der Waals surface area contributed by atoms with Crippen molar-refractivity contribution in [2.75, 3.05) is 10.6 Å². The Hall–Kier alpha value is -5.58. The van der Waals surface area contributed by atoms with Crippen molar-refractivity contribution in [3.63, 3.8) is 0 Å². The van der Waals surface area contributed by atoms with Crippen LogP contribution in [0.5, 0.6) is 0 Å². The van der Waals surface area contributed by atoms with Gasteiger partial charge in [0.1, 0.15) is 0 Å². The number of halogens is 3. The van der Waals surface area contributed by atoms with E-state index in [-0.39, 0.29) is 17.1 Å². The van der Waals surface area contributed by atoms with E-state index in [2.05, 4.69) is 25.8 Å². The second-order valence-corrected chi connectivity index (χ2v) is 8.67. The van der Waals surface area contributed by atoms with Gasteiger partial charge in [0.05, 0.1) is 16.8 Å². The van der Waals surface area contributed by atoms with Crippen LogP contribution in [0.15, 0.2) is 108 Å². The average molecular weight is 556 g/mol. The highest BCUT2D eigenvalue weighted by Crippen LogP contribution is 2.31. The molecule has 11 heteroatoms. The van der Waals surface area contributed by atoms with Gasteiger partial charge in [0, 0.05) is 35.3 Å². The Morgan fingerprint density at radius 3 is 2.37 bits per heavy atom. The Bertz CT molecular complexity index is 1730. The number of alkyl halides is 3. The number of carbonyl (C=O) groups excluding carboxylic acids is 2. The summed E-state index contributed by atoms with van der Waals surface area (Å²) in [5.41, 5.74) is 1.55. The lowest BCUT2D eigenvalue weighted by molar-refractivity contribution is -0.137. The summed E-state index contributed by atoms with van der Waals surface area (Å²) in [6, 6.07) is 21.1. The number of hydrogen-bond donors (Lipinski definition) is 2. The fourth-order valence-electron chi connectivity index (χ4n) is 3.83. The van der Waals surface area contributed by atoms with Crippen LogP contribution in [-0.2, 0) is 11.0 Å². The fraction of sp³-hybridized carbons (Fsp3) is 0.0333. The Balaban J connectivity index is 1.26. The third-order valence-corrected chi connectivity index (χ3v) is 5.79. The minimum atomic E-state index is -4.53. The molecule has 5 aromatic rings. The third-order valence-electron chi connectivity index (χ3n) is 5.79. The fourth-order valence-corrected chi connectivity index (χ4v) is 3.83. The Morgan fingerprint density at radius 2 is 1.56 bits per heavy atom. The number of benzene rings is 3. The van der Waals surface area contributed by atoms with E-state index in [1.54, 1.807) is 60.9 Å². The molecular formula is C30H20F3N5O3. The van der Waals surface area contributed by atoms with Crippen LogP contribution in [0.3, 0.4) is 0 Å². The van der Waals surface area contributed by atoms with Gasteiger partial charge < -0.3 is 15.1 Å². The number of hydrogen-bond acceptors (Lipinski definition) is 6. The number of amides is 2. The predicted octanol–water partition coefficient (Wildman–Crippen LogP) is 6.72. The van der Waals surface area contributed by atoms with Gasteiger partial charge in [-0.1, -0.05) is 30.3 Å². The molecule has 41 heavy (non-hydrogen) atoms. The number of nitrogens with zero attached hydrogens (tertiary/aromatic N) is 3. The van der Waals surface area contributed by atoms with E-state index in [1.165, 1.54) is 36.4 Å². The molecule has 0 saturated heterocycles. The molecule has 2 heterocycles. The summed E-state index contributed by atoms with van der Waals surface area (Å²) < 4.78 is 44.7. The number of nitrogens with one attached hydrogen (secondary N) is 2. The zero-order valence-corrected chi connectivity index (χ0v) is 21.1. The highest BCUT2D eigenvalue weighted by molar-refractivity contribution is 6.06. The molecule has 0 bridgehead atoms. The molecule has 8 nitrogen and oxygen atoms in total. The first-order valence-electron chi connectivity index (χ1n) is 12.2. The van der Waals surface area contributed by atoms with Crippen molar-refractivity contribution in [2.24, 2.45) is 0 Å². The Kier molecular flexibility index (Phi) is 7.68. The number of para-hydroxylation sites is 1. The van der Waals surface area contributed by atoms with Gasteiger partial charge in [0.2, 0.25) is 17.7 Å². The Labute approximate surface area is 231 Å². The van der Waals surface area contributed by atoms with E-state index < -0.39 is 23.6 Å². The lowest BCUT2D eigenvalue weighted by Gasteiger charge is -2.10. The molecule has 204 valence electrons. The van der Waals surface area contributed by atoms with E-state index in [9.17, 15) is 22.8 Å². The van der Waals surface area contributed by atoms with Crippen LogP contribution in [0.2, 0.25) is 0 Å². The summed E-state index contributed by atoms with van der Waals surface area (Å²) in [5, 5.41) is 13.4. The first-order valence-corrected chi connectivity index (χ1v) is 12.2. The van der Waals surface area contributed by atoms with Gasteiger partial charge in [-0.3, -0.25) is 14.6 Å². The van der Waals surface area contributed by atoms with Crippen LogP contribution in [0.4, 0.5) is 24.5 Å². The predicted molar refractivity (Wildman–Crippen MR) is 146 cm³/mol. The largest absolute Gasteiger partial charge is 0.416 e. The lowest BCUT2D eigenvalue weighted by atomic mass is 10.1. The number of rotatable bonds is 7. The van der Waals surface area contributed by atoms with Crippen molar-refractivity contribution in [1.29, 1.82) is 0 Å². The highest BCUT2D eigenvalue weighted by Gasteiger charge is 2.30. The van der Waals surface area contributed by atoms with E-state index in [1.807, 2.05) is 0 Å². The van der Waals surface area contributed by atoms with Crippen molar-refractivity contribution >= 4 is 29.3 Å². The van der Waals surface area contributed by atoms with Gasteiger partial charge >= 0.3 is 6.18 Å². The molecule has 2 aromatic heterocycles. The quantitative estimate of drug-likeness (QED) is 0.216. The van der Waals surface area contributed by atoms with Crippen LogP contribution in [0.1, 0.15) is 21.5 Å². The van der Waals surface area contributed by atoms with Crippen molar-refractivity contribution < 1.29 is 27.2 Å². The third kappa shape index (κ3) is 6.71. The highest BCUT2D eigenvalue weighted by atomic mass is 19.4. The smallest absolute Gasteiger partial charge is 0.416 e. The minimum absolute atomic E-state index is 0.0120. The summed E-state index contributed by atoms with van der Waals surface area (Å²) in [6.45, 7) is 0. The Morgan fingerprint density at radius 1 is 0.805 bits per heavy atom. The van der Waals surface area contributed by atoms with Crippen LogP contribution in [0.25, 0.3) is 29.0 Å². The molecular weight excluding hydrogens is 535 g/mol. The molecule has 0 unspecified atom stereocenters. The van der Waals surface area contributed by atoms with Gasteiger partial charge in [-0.05, 0) is 66.2 Å². The summed E-state index contributed by atoms with van der Waals surface area (Å²) in [7, 11) is 0. The molecule has 0 saturated carbocycles. The molecule has 0 fully saturated rings. The normalized spacial score (nSPS) is 11.4. The van der Waals surface area contributed by atoms with E-state index >= 15 is 0 Å². The first-order chi connectivity index (χ1) is 19.8.